The van der Waals surface area contributed by atoms with Gasteiger partial charge in [0.25, 0.3) is 5.91 Å². The Balaban J connectivity index is 1.97. The van der Waals surface area contributed by atoms with Gasteiger partial charge in [-0.1, -0.05) is 6.07 Å². The smallest absolute Gasteiger partial charge is 0.256 e. The Bertz CT molecular complexity index is 543. The Hall–Kier alpha value is -1.88. The van der Waals surface area contributed by atoms with Crippen molar-refractivity contribution in [1.29, 1.82) is 0 Å². The minimum absolute atomic E-state index is 0.0333. The lowest BCUT2D eigenvalue weighted by molar-refractivity contribution is 0.0304. The van der Waals surface area contributed by atoms with Gasteiger partial charge in [-0.3, -0.25) is 4.79 Å². The second-order valence-electron chi connectivity index (χ2n) is 4.01. The molecule has 5 nitrogen and oxygen atoms in total. The lowest BCUT2D eigenvalue weighted by Crippen LogP contribution is -2.40. The van der Waals surface area contributed by atoms with E-state index in [-0.39, 0.29) is 5.91 Å². The number of benzene rings is 1. The quantitative estimate of drug-likeness (QED) is 0.797. The molecule has 2 aromatic rings. The van der Waals surface area contributed by atoms with Gasteiger partial charge in [-0.15, -0.1) is 0 Å². The minimum atomic E-state index is 0.0333. The van der Waals surface area contributed by atoms with Crippen LogP contribution in [-0.2, 0) is 4.74 Å². The molecule has 0 unspecified atom stereocenters. The summed E-state index contributed by atoms with van der Waals surface area (Å²) >= 11 is 0. The molecule has 5 heteroatoms. The van der Waals surface area contributed by atoms with Crippen molar-refractivity contribution in [2.75, 3.05) is 26.3 Å². The second-order valence-corrected chi connectivity index (χ2v) is 4.01. The molecule has 1 saturated heterocycles. The fourth-order valence-corrected chi connectivity index (χ4v) is 2.07. The molecule has 1 N–H and O–H groups in total. The Morgan fingerprint density at radius 3 is 3.00 bits per heavy atom. The number of nitrogens with one attached hydrogen (secondary N) is 1. The number of para-hydroxylation sites is 1. The zero-order valence-corrected chi connectivity index (χ0v) is 9.35. The third-order valence-electron chi connectivity index (χ3n) is 2.98. The largest absolute Gasteiger partial charge is 0.378 e. The molecule has 17 heavy (non-hydrogen) atoms. The van der Waals surface area contributed by atoms with Crippen molar-refractivity contribution in [3.8, 4) is 0 Å². The van der Waals surface area contributed by atoms with Crippen molar-refractivity contribution >= 4 is 16.9 Å². The lowest BCUT2D eigenvalue weighted by atomic mass is 10.1. The van der Waals surface area contributed by atoms with Gasteiger partial charge >= 0.3 is 0 Å². The van der Waals surface area contributed by atoms with Gasteiger partial charge in [0.15, 0.2) is 0 Å². The summed E-state index contributed by atoms with van der Waals surface area (Å²) in [6, 6.07) is 5.60. The van der Waals surface area contributed by atoms with E-state index in [1.807, 2.05) is 23.1 Å². The zero-order valence-electron chi connectivity index (χ0n) is 9.35. The summed E-state index contributed by atoms with van der Waals surface area (Å²) < 4.78 is 5.24. The van der Waals surface area contributed by atoms with Gasteiger partial charge in [0.2, 0.25) is 0 Å². The third kappa shape index (κ3) is 1.78. The van der Waals surface area contributed by atoms with Gasteiger partial charge in [-0.25, -0.2) is 4.98 Å². The number of carbonyl (C=O) groups is 1. The van der Waals surface area contributed by atoms with Crippen LogP contribution in [-0.4, -0.2) is 47.1 Å². The molecule has 0 bridgehead atoms. The molecule has 1 aromatic carbocycles. The first-order valence-electron chi connectivity index (χ1n) is 5.65. The molecule has 1 amide bonds. The molecule has 0 spiro atoms. The van der Waals surface area contributed by atoms with E-state index in [0.29, 0.717) is 31.9 Å². The predicted octanol–water partition coefficient (Wildman–Crippen LogP) is 1.04. The minimum Gasteiger partial charge on any atom is -0.378 e. The third-order valence-corrected chi connectivity index (χ3v) is 2.98. The molecular formula is C12H13N3O2. The molecule has 0 radical (unpaired) electrons. The van der Waals surface area contributed by atoms with Gasteiger partial charge in [0.1, 0.15) is 5.52 Å². The maximum atomic E-state index is 12.3. The number of aromatic amines is 1. The molecule has 3 rings (SSSR count). The van der Waals surface area contributed by atoms with Gasteiger partial charge in [-0.2, -0.15) is 0 Å². The molecule has 0 aliphatic carbocycles. The van der Waals surface area contributed by atoms with Crippen LogP contribution in [0.3, 0.4) is 0 Å². The molecular weight excluding hydrogens is 218 g/mol. The molecule has 1 aromatic heterocycles. The van der Waals surface area contributed by atoms with Gasteiger partial charge in [-0.05, 0) is 12.1 Å². The summed E-state index contributed by atoms with van der Waals surface area (Å²) in [7, 11) is 0. The van der Waals surface area contributed by atoms with E-state index in [9.17, 15) is 4.79 Å². The van der Waals surface area contributed by atoms with Crippen molar-refractivity contribution < 1.29 is 9.53 Å². The summed E-state index contributed by atoms with van der Waals surface area (Å²) in [4.78, 5) is 21.4. The van der Waals surface area contributed by atoms with E-state index in [4.69, 9.17) is 4.74 Å². The van der Waals surface area contributed by atoms with E-state index in [2.05, 4.69) is 9.97 Å². The van der Waals surface area contributed by atoms with Crippen molar-refractivity contribution in [2.45, 2.75) is 0 Å². The Labute approximate surface area is 98.4 Å². The lowest BCUT2D eigenvalue weighted by Gasteiger charge is -2.26. The highest BCUT2D eigenvalue weighted by Crippen LogP contribution is 2.17. The standard InChI is InChI=1S/C12H13N3O2/c16-12(15-4-6-17-7-5-15)9-2-1-3-10-11(9)14-8-13-10/h1-3,8H,4-7H2,(H,13,14). The summed E-state index contributed by atoms with van der Waals surface area (Å²) in [5.74, 6) is 0.0333. The normalized spacial score (nSPS) is 16.4. The topological polar surface area (TPSA) is 58.2 Å². The summed E-state index contributed by atoms with van der Waals surface area (Å²) in [5.41, 5.74) is 2.29. The Kier molecular flexibility index (Phi) is 2.53. The van der Waals surface area contributed by atoms with Gasteiger partial charge < -0.3 is 14.6 Å². The molecule has 0 saturated carbocycles. The molecule has 0 atom stereocenters. The highest BCUT2D eigenvalue weighted by Gasteiger charge is 2.20. The number of imidazole rings is 1. The Morgan fingerprint density at radius 2 is 2.18 bits per heavy atom. The molecule has 2 heterocycles. The maximum absolute atomic E-state index is 12.3. The van der Waals surface area contributed by atoms with E-state index in [1.54, 1.807) is 6.33 Å². The summed E-state index contributed by atoms with van der Waals surface area (Å²) in [6.45, 7) is 2.53. The molecule has 1 aliphatic rings. The average molecular weight is 231 g/mol. The van der Waals surface area contributed by atoms with Crippen LogP contribution in [0.2, 0.25) is 0 Å². The van der Waals surface area contributed by atoms with Crippen LogP contribution in [0.1, 0.15) is 10.4 Å². The predicted molar refractivity (Wildman–Crippen MR) is 62.8 cm³/mol. The fourth-order valence-electron chi connectivity index (χ4n) is 2.07. The number of ether oxygens (including phenoxy) is 1. The van der Waals surface area contributed by atoms with Crippen molar-refractivity contribution in [2.24, 2.45) is 0 Å². The van der Waals surface area contributed by atoms with Crippen LogP contribution in [0.5, 0.6) is 0 Å². The number of H-pyrrole nitrogens is 1. The number of carbonyl (C=O) groups excluding carboxylic acids is 1. The molecule has 1 aliphatic heterocycles. The highest BCUT2D eigenvalue weighted by molar-refractivity contribution is 6.04. The number of nitrogens with zero attached hydrogens (tertiary/aromatic N) is 2. The van der Waals surface area contributed by atoms with Crippen molar-refractivity contribution in [3.05, 3.63) is 30.1 Å². The number of morpholine rings is 1. The van der Waals surface area contributed by atoms with E-state index in [1.165, 1.54) is 0 Å². The Morgan fingerprint density at radius 1 is 1.35 bits per heavy atom. The number of aromatic nitrogens is 2. The van der Waals surface area contributed by atoms with Crippen LogP contribution in [0.15, 0.2) is 24.5 Å². The SMILES string of the molecule is O=C(c1cccc2[nH]cnc12)N1CCOCC1. The average Bonchev–Trinajstić information content (AvgIpc) is 2.87. The molecule has 1 fully saturated rings. The number of hydrogen-bond acceptors (Lipinski definition) is 3. The van der Waals surface area contributed by atoms with Gasteiger partial charge in [0, 0.05) is 13.1 Å². The van der Waals surface area contributed by atoms with E-state index in [0.717, 1.165) is 11.0 Å². The maximum Gasteiger partial charge on any atom is 0.256 e. The first kappa shape index (κ1) is 10.3. The van der Waals surface area contributed by atoms with E-state index >= 15 is 0 Å². The first-order valence-corrected chi connectivity index (χ1v) is 5.65. The van der Waals surface area contributed by atoms with Crippen LogP contribution < -0.4 is 0 Å². The second kappa shape index (κ2) is 4.18. The fraction of sp³-hybridized carbons (Fsp3) is 0.333. The van der Waals surface area contributed by atoms with E-state index < -0.39 is 0 Å². The van der Waals surface area contributed by atoms with Gasteiger partial charge in [0.05, 0.1) is 30.6 Å². The van der Waals surface area contributed by atoms with Crippen molar-refractivity contribution in [1.82, 2.24) is 14.9 Å². The number of amides is 1. The van der Waals surface area contributed by atoms with Crippen molar-refractivity contribution in [3.63, 3.8) is 0 Å². The van der Waals surface area contributed by atoms with Crippen LogP contribution >= 0.6 is 0 Å². The van der Waals surface area contributed by atoms with Crippen LogP contribution in [0, 0.1) is 0 Å². The molecule has 88 valence electrons. The monoisotopic (exact) mass is 231 g/mol. The number of hydrogen-bond donors (Lipinski definition) is 1. The zero-order chi connectivity index (χ0) is 11.7. The van der Waals surface area contributed by atoms with Crippen LogP contribution in [0.25, 0.3) is 11.0 Å². The number of fused-ring (bicyclic) bond motifs is 1. The summed E-state index contributed by atoms with van der Waals surface area (Å²) in [6.07, 6.45) is 1.61. The van der Waals surface area contributed by atoms with Crippen LogP contribution in [0.4, 0.5) is 0 Å². The highest BCUT2D eigenvalue weighted by atomic mass is 16.5. The number of rotatable bonds is 1. The first-order chi connectivity index (χ1) is 8.36. The summed E-state index contributed by atoms with van der Waals surface area (Å²) in [5, 5.41) is 0.